The molecule has 0 unspecified atom stereocenters. The summed E-state index contributed by atoms with van der Waals surface area (Å²) in [5, 5.41) is 13.6. The minimum atomic E-state index is -0.370. The molecule has 0 N–H and O–H groups in total. The molecular formula is C41H31N3O2. The molecule has 0 saturated carbocycles. The Hall–Kier alpha value is -6.20. The lowest BCUT2D eigenvalue weighted by molar-refractivity contribution is -0.384. The van der Waals surface area contributed by atoms with Crippen LogP contribution in [-0.4, -0.2) is 12.0 Å². The van der Waals surface area contributed by atoms with Crippen LogP contribution in [0.25, 0.3) is 33.0 Å². The monoisotopic (exact) mass is 597 g/mol. The smallest absolute Gasteiger partial charge is 0.271 e. The summed E-state index contributed by atoms with van der Waals surface area (Å²) in [7, 11) is 1.91. The van der Waals surface area contributed by atoms with Gasteiger partial charge in [-0.2, -0.15) is 0 Å². The van der Waals surface area contributed by atoms with Gasteiger partial charge in [0.15, 0.2) is 0 Å². The van der Waals surface area contributed by atoms with Gasteiger partial charge in [-0.1, -0.05) is 109 Å². The first-order valence-corrected chi connectivity index (χ1v) is 15.2. The third-order valence-corrected chi connectivity index (χ3v) is 8.36. The molecule has 46 heavy (non-hydrogen) atoms. The van der Waals surface area contributed by atoms with Crippen LogP contribution in [-0.2, 0) is 0 Å². The van der Waals surface area contributed by atoms with E-state index in [4.69, 9.17) is 0 Å². The minimum absolute atomic E-state index is 0.0744. The van der Waals surface area contributed by atoms with E-state index in [1.165, 1.54) is 22.4 Å². The molecule has 7 aromatic rings. The van der Waals surface area contributed by atoms with Crippen LogP contribution in [0.2, 0.25) is 0 Å². The second-order valence-corrected chi connectivity index (χ2v) is 11.2. The molecule has 0 atom stereocenters. The second kappa shape index (κ2) is 12.4. The Kier molecular flexibility index (Phi) is 7.71. The molecule has 0 aliphatic rings. The van der Waals surface area contributed by atoms with Crippen molar-refractivity contribution >= 4 is 44.9 Å². The van der Waals surface area contributed by atoms with Crippen LogP contribution in [0.5, 0.6) is 0 Å². The zero-order valence-corrected chi connectivity index (χ0v) is 25.3. The number of rotatable bonds is 8. The molecule has 0 bridgehead atoms. The fourth-order valence-corrected chi connectivity index (χ4v) is 5.93. The predicted octanol–water partition coefficient (Wildman–Crippen LogP) is 11.3. The molecule has 5 nitrogen and oxygen atoms in total. The van der Waals surface area contributed by atoms with Crippen LogP contribution >= 0.6 is 0 Å². The molecule has 0 saturated heterocycles. The summed E-state index contributed by atoms with van der Waals surface area (Å²) >= 11 is 0. The SMILES string of the molecule is CN(c1ccc(-c2ccc(N(c3cccc(-c4ccccc4)c3)c3cccc4ccccc34)cc2)cc1)c1cccc([N+](=O)[O-])c1. The van der Waals surface area contributed by atoms with Crippen LogP contribution in [0, 0.1) is 10.1 Å². The summed E-state index contributed by atoms with van der Waals surface area (Å²) < 4.78 is 0. The van der Waals surface area contributed by atoms with E-state index < -0.39 is 0 Å². The largest absolute Gasteiger partial charge is 0.344 e. The van der Waals surface area contributed by atoms with Crippen LogP contribution in [0.3, 0.4) is 0 Å². The standard InChI is InChI=1S/C41H31N3O2/c1-42(37-15-9-17-39(29-37)44(45)46)35-24-20-31(21-25-35)32-22-26-36(27-23-32)43(41-19-8-13-33-12-5-6-18-40(33)41)38-16-7-14-34(28-38)30-10-3-2-4-11-30/h2-29H,1H3. The molecule has 0 heterocycles. The van der Waals surface area contributed by atoms with Crippen molar-refractivity contribution in [3.8, 4) is 22.3 Å². The second-order valence-electron chi connectivity index (χ2n) is 11.2. The number of nitro groups is 1. The summed E-state index contributed by atoms with van der Waals surface area (Å²) in [6.07, 6.45) is 0. The molecule has 7 rings (SSSR count). The molecule has 0 radical (unpaired) electrons. The van der Waals surface area contributed by atoms with Gasteiger partial charge in [-0.25, -0.2) is 0 Å². The van der Waals surface area contributed by atoms with Crippen molar-refractivity contribution in [3.05, 3.63) is 180 Å². The third kappa shape index (κ3) is 5.70. The van der Waals surface area contributed by atoms with Gasteiger partial charge in [0.1, 0.15) is 0 Å². The van der Waals surface area contributed by atoms with Crippen molar-refractivity contribution in [2.75, 3.05) is 16.8 Å². The lowest BCUT2D eigenvalue weighted by atomic mass is 10.0. The van der Waals surface area contributed by atoms with Crippen molar-refractivity contribution in [3.63, 3.8) is 0 Å². The lowest BCUT2D eigenvalue weighted by Crippen LogP contribution is -2.10. The number of fused-ring (bicyclic) bond motifs is 1. The van der Waals surface area contributed by atoms with Gasteiger partial charge in [0.05, 0.1) is 10.6 Å². The zero-order valence-electron chi connectivity index (χ0n) is 25.3. The molecule has 0 aliphatic carbocycles. The molecule has 0 amide bonds. The normalized spacial score (nSPS) is 10.9. The van der Waals surface area contributed by atoms with Gasteiger partial charge in [-0.3, -0.25) is 10.1 Å². The summed E-state index contributed by atoms with van der Waals surface area (Å²) in [6, 6.07) is 57.7. The van der Waals surface area contributed by atoms with E-state index in [0.29, 0.717) is 0 Å². The highest BCUT2D eigenvalue weighted by Gasteiger charge is 2.16. The number of benzene rings is 7. The highest BCUT2D eigenvalue weighted by Crippen LogP contribution is 2.41. The van der Waals surface area contributed by atoms with E-state index in [1.807, 2.05) is 36.2 Å². The fraction of sp³-hybridized carbons (Fsp3) is 0.0244. The predicted molar refractivity (Wildman–Crippen MR) is 191 cm³/mol. The number of non-ortho nitro benzene ring substituents is 1. The molecule has 0 spiro atoms. The quantitative estimate of drug-likeness (QED) is 0.129. The highest BCUT2D eigenvalue weighted by molar-refractivity contribution is 5.99. The van der Waals surface area contributed by atoms with Gasteiger partial charge in [0.25, 0.3) is 5.69 Å². The highest BCUT2D eigenvalue weighted by atomic mass is 16.6. The molecular weight excluding hydrogens is 566 g/mol. The van der Waals surface area contributed by atoms with Gasteiger partial charge in [-0.15, -0.1) is 0 Å². The van der Waals surface area contributed by atoms with Gasteiger partial charge in [-0.05, 0) is 76.2 Å². The van der Waals surface area contributed by atoms with Crippen molar-refractivity contribution in [2.24, 2.45) is 0 Å². The summed E-state index contributed by atoms with van der Waals surface area (Å²) in [4.78, 5) is 15.2. The first kappa shape index (κ1) is 28.6. The van der Waals surface area contributed by atoms with Crippen molar-refractivity contribution < 1.29 is 4.92 Å². The van der Waals surface area contributed by atoms with Gasteiger partial charge >= 0.3 is 0 Å². The van der Waals surface area contributed by atoms with Crippen LogP contribution < -0.4 is 9.80 Å². The number of nitrogens with zero attached hydrogens (tertiary/aromatic N) is 3. The summed E-state index contributed by atoms with van der Waals surface area (Å²) in [6.45, 7) is 0. The number of anilines is 5. The van der Waals surface area contributed by atoms with E-state index in [2.05, 4.69) is 132 Å². The first-order chi connectivity index (χ1) is 22.5. The molecule has 222 valence electrons. The topological polar surface area (TPSA) is 49.6 Å². The van der Waals surface area contributed by atoms with E-state index in [1.54, 1.807) is 12.1 Å². The Balaban J connectivity index is 1.23. The fourth-order valence-electron chi connectivity index (χ4n) is 5.93. The van der Waals surface area contributed by atoms with Gasteiger partial charge < -0.3 is 9.80 Å². The summed E-state index contributed by atoms with van der Waals surface area (Å²) in [5.41, 5.74) is 9.57. The Morgan fingerprint density at radius 2 is 1.04 bits per heavy atom. The van der Waals surface area contributed by atoms with Gasteiger partial charge in [0, 0.05) is 47.3 Å². The third-order valence-electron chi connectivity index (χ3n) is 8.36. The number of hydrogen-bond acceptors (Lipinski definition) is 4. The lowest BCUT2D eigenvalue weighted by Gasteiger charge is -2.27. The molecule has 0 aromatic heterocycles. The molecule has 5 heteroatoms. The Bertz CT molecular complexity index is 2140. The van der Waals surface area contributed by atoms with Crippen molar-refractivity contribution in [1.29, 1.82) is 0 Å². The average molecular weight is 598 g/mol. The zero-order chi connectivity index (χ0) is 31.5. The Labute approximate surface area is 268 Å². The molecule has 0 aliphatic heterocycles. The first-order valence-electron chi connectivity index (χ1n) is 15.2. The molecule has 0 fully saturated rings. The van der Waals surface area contributed by atoms with E-state index >= 15 is 0 Å². The maximum Gasteiger partial charge on any atom is 0.271 e. The van der Waals surface area contributed by atoms with Crippen molar-refractivity contribution in [1.82, 2.24) is 0 Å². The van der Waals surface area contributed by atoms with E-state index in [0.717, 1.165) is 45.1 Å². The Morgan fingerprint density at radius 3 is 1.78 bits per heavy atom. The maximum absolute atomic E-state index is 11.3. The average Bonchev–Trinajstić information content (AvgIpc) is 3.12. The van der Waals surface area contributed by atoms with Crippen molar-refractivity contribution in [2.45, 2.75) is 0 Å². The number of nitro benzene ring substituents is 1. The van der Waals surface area contributed by atoms with Gasteiger partial charge in [0.2, 0.25) is 0 Å². The Morgan fingerprint density at radius 1 is 0.478 bits per heavy atom. The van der Waals surface area contributed by atoms with Crippen LogP contribution in [0.15, 0.2) is 170 Å². The van der Waals surface area contributed by atoms with Crippen LogP contribution in [0.4, 0.5) is 34.1 Å². The summed E-state index contributed by atoms with van der Waals surface area (Å²) in [5.74, 6) is 0. The van der Waals surface area contributed by atoms with E-state index in [-0.39, 0.29) is 10.6 Å². The maximum atomic E-state index is 11.3. The molecule has 7 aromatic carbocycles. The number of hydrogen-bond donors (Lipinski definition) is 0. The van der Waals surface area contributed by atoms with E-state index in [9.17, 15) is 10.1 Å². The van der Waals surface area contributed by atoms with Crippen LogP contribution in [0.1, 0.15) is 0 Å². The minimum Gasteiger partial charge on any atom is -0.344 e.